The maximum absolute atomic E-state index is 14.2. The fraction of sp³-hybridized carbons (Fsp3) is 0.353. The molecule has 1 unspecified atom stereocenters. The number of nitrogens with one attached hydrogen (secondary N) is 1. The van der Waals surface area contributed by atoms with Crippen molar-refractivity contribution in [1.29, 1.82) is 0 Å². The van der Waals surface area contributed by atoms with E-state index >= 15 is 0 Å². The van der Waals surface area contributed by atoms with Crippen LogP contribution in [0.25, 0.3) is 5.70 Å². The number of allylic oxidation sites excluding steroid dienone is 1. The largest absolute Gasteiger partial charge is 0.310 e. The summed E-state index contributed by atoms with van der Waals surface area (Å²) in [6, 6.07) is 2.21. The van der Waals surface area contributed by atoms with Gasteiger partial charge in [-0.05, 0) is 25.6 Å². The van der Waals surface area contributed by atoms with Crippen LogP contribution in [-0.2, 0) is 0 Å². The van der Waals surface area contributed by atoms with Gasteiger partial charge in [-0.3, -0.25) is 5.32 Å². The van der Waals surface area contributed by atoms with Crippen molar-refractivity contribution in [2.75, 3.05) is 6.54 Å². The molecule has 1 aliphatic heterocycles. The Morgan fingerprint density at radius 1 is 1.32 bits per heavy atom. The van der Waals surface area contributed by atoms with Gasteiger partial charge in [-0.1, -0.05) is 32.6 Å². The normalized spacial score (nSPS) is 16.0. The van der Waals surface area contributed by atoms with E-state index in [1.807, 2.05) is 37.8 Å². The molecule has 2 rings (SSSR count). The van der Waals surface area contributed by atoms with Gasteiger partial charge in [-0.2, -0.15) is 0 Å². The predicted octanol–water partition coefficient (Wildman–Crippen LogP) is 4.20. The van der Waals surface area contributed by atoms with Crippen LogP contribution in [0.4, 0.5) is 14.5 Å². The highest BCUT2D eigenvalue weighted by Crippen LogP contribution is 2.38. The van der Waals surface area contributed by atoms with Crippen LogP contribution in [0.3, 0.4) is 0 Å². The van der Waals surface area contributed by atoms with Crippen molar-refractivity contribution in [2.24, 2.45) is 4.99 Å². The number of fused-ring (bicyclic) bond motifs is 1. The van der Waals surface area contributed by atoms with E-state index < -0.39 is 11.6 Å². The van der Waals surface area contributed by atoms with Crippen LogP contribution in [0.15, 0.2) is 35.9 Å². The predicted molar refractivity (Wildman–Crippen MR) is 86.9 cm³/mol. The minimum atomic E-state index is -0.533. The number of aliphatic imine (C=N–C) groups is 1. The molecule has 0 radical (unpaired) electrons. The molecule has 1 atom stereocenters. The third kappa shape index (κ3) is 2.81. The van der Waals surface area contributed by atoms with E-state index in [-0.39, 0.29) is 17.4 Å². The van der Waals surface area contributed by atoms with Crippen molar-refractivity contribution in [3.8, 4) is 0 Å². The summed E-state index contributed by atoms with van der Waals surface area (Å²) in [5, 5.41) is 3.29. The summed E-state index contributed by atoms with van der Waals surface area (Å²) in [4.78, 5) is 6.16. The summed E-state index contributed by atoms with van der Waals surface area (Å²) < 4.78 is 28.2. The number of likely N-dealkylation sites (N-methyl/N-ethyl adjacent to an activating group) is 1. The van der Waals surface area contributed by atoms with Gasteiger partial charge < -0.3 is 4.90 Å². The summed E-state index contributed by atoms with van der Waals surface area (Å²) in [6.45, 7) is 10.5. The average Bonchev–Trinajstić information content (AvgIpc) is 2.50. The van der Waals surface area contributed by atoms with Crippen molar-refractivity contribution < 1.29 is 8.78 Å². The van der Waals surface area contributed by atoms with E-state index in [1.54, 1.807) is 0 Å². The van der Waals surface area contributed by atoms with Gasteiger partial charge >= 0.3 is 0 Å². The van der Waals surface area contributed by atoms with Crippen LogP contribution in [0.1, 0.15) is 32.8 Å². The zero-order valence-electron chi connectivity index (χ0n) is 13.2. The lowest BCUT2D eigenvalue weighted by molar-refractivity contribution is 0.406. The first-order chi connectivity index (χ1) is 10.5. The fourth-order valence-corrected chi connectivity index (χ4v) is 2.60. The zero-order valence-corrected chi connectivity index (χ0v) is 13.2. The van der Waals surface area contributed by atoms with E-state index in [0.717, 1.165) is 18.7 Å². The Labute approximate surface area is 130 Å². The van der Waals surface area contributed by atoms with E-state index in [4.69, 9.17) is 0 Å². The highest BCUT2D eigenvalue weighted by molar-refractivity contribution is 5.98. The lowest BCUT2D eigenvalue weighted by Gasteiger charge is -2.37. The van der Waals surface area contributed by atoms with Crippen molar-refractivity contribution in [3.63, 3.8) is 0 Å². The van der Waals surface area contributed by atoms with Crippen molar-refractivity contribution in [2.45, 2.75) is 33.4 Å². The monoisotopic (exact) mass is 305 g/mol. The van der Waals surface area contributed by atoms with E-state index in [9.17, 15) is 8.78 Å². The molecule has 0 aromatic heterocycles. The van der Waals surface area contributed by atoms with Gasteiger partial charge in [0, 0.05) is 12.1 Å². The van der Waals surface area contributed by atoms with Crippen molar-refractivity contribution in [3.05, 3.63) is 48.1 Å². The molecule has 1 N–H and O–H groups in total. The van der Waals surface area contributed by atoms with Gasteiger partial charge in [-0.25, -0.2) is 13.8 Å². The summed E-state index contributed by atoms with van der Waals surface area (Å²) in [5.41, 5.74) is 0.585. The first kappa shape index (κ1) is 16.4. The van der Waals surface area contributed by atoms with Gasteiger partial charge in [0.15, 0.2) is 0 Å². The minimum Gasteiger partial charge on any atom is -0.310 e. The lowest BCUT2D eigenvalue weighted by Crippen LogP contribution is -2.47. The molecule has 1 aliphatic rings. The van der Waals surface area contributed by atoms with Crippen LogP contribution in [0.5, 0.6) is 0 Å². The Morgan fingerprint density at radius 3 is 2.59 bits per heavy atom. The van der Waals surface area contributed by atoms with Gasteiger partial charge in [0.05, 0.1) is 5.56 Å². The highest BCUT2D eigenvalue weighted by atomic mass is 19.1. The van der Waals surface area contributed by atoms with Gasteiger partial charge in [0.1, 0.15) is 29.3 Å². The molecule has 0 saturated carbocycles. The highest BCUT2D eigenvalue weighted by Gasteiger charge is 2.30. The molecule has 1 heterocycles. The molecule has 0 saturated heterocycles. The molecular weight excluding hydrogens is 284 g/mol. The molecule has 22 heavy (non-hydrogen) atoms. The van der Waals surface area contributed by atoms with Crippen LogP contribution < -0.4 is 5.32 Å². The van der Waals surface area contributed by atoms with E-state index in [1.165, 1.54) is 0 Å². The summed E-state index contributed by atoms with van der Waals surface area (Å²) >= 11 is 0. The molecule has 0 amide bonds. The molecule has 118 valence electrons. The standard InChI is InChI=1S/C17H21F2N3/c1-5-8-15(20-7-3)22-11(4)16-12(18)9-10-13(19)17(16)21-14(22)6-2/h5,8-10,15,20H,4,6-7H2,1-3H3/b8-5-. The molecule has 0 fully saturated rings. The molecule has 3 nitrogen and oxygen atoms in total. The first-order valence-electron chi connectivity index (χ1n) is 7.45. The minimum absolute atomic E-state index is 0.0360. The van der Waals surface area contributed by atoms with Gasteiger partial charge in [0.25, 0.3) is 0 Å². The SMILES string of the molecule is C=C1c2c(F)ccc(F)c2N=C(CC)N1C(/C=C\C)NCC. The molecule has 1 aromatic carbocycles. The topological polar surface area (TPSA) is 27.6 Å². The smallest absolute Gasteiger partial charge is 0.149 e. The van der Waals surface area contributed by atoms with Crippen LogP contribution in [0, 0.1) is 11.6 Å². The van der Waals surface area contributed by atoms with Gasteiger partial charge in [-0.15, -0.1) is 0 Å². The van der Waals surface area contributed by atoms with E-state index in [2.05, 4.69) is 16.9 Å². The maximum Gasteiger partial charge on any atom is 0.149 e. The number of amidine groups is 1. The lowest BCUT2D eigenvalue weighted by atomic mass is 10.0. The number of nitrogens with zero attached hydrogens (tertiary/aromatic N) is 2. The average molecular weight is 305 g/mol. The van der Waals surface area contributed by atoms with Crippen molar-refractivity contribution >= 4 is 17.2 Å². The molecule has 1 aromatic rings. The molecule has 0 aliphatic carbocycles. The zero-order chi connectivity index (χ0) is 16.3. The third-order valence-electron chi connectivity index (χ3n) is 3.56. The second kappa shape index (κ2) is 6.83. The Bertz CT molecular complexity index is 635. The quantitative estimate of drug-likeness (QED) is 0.826. The number of hydrogen-bond donors (Lipinski definition) is 1. The van der Waals surface area contributed by atoms with Crippen LogP contribution >= 0.6 is 0 Å². The number of rotatable bonds is 5. The second-order valence-corrected chi connectivity index (χ2v) is 4.98. The molecule has 0 spiro atoms. The summed E-state index contributed by atoms with van der Waals surface area (Å²) in [7, 11) is 0. The maximum atomic E-state index is 14.2. The fourth-order valence-electron chi connectivity index (χ4n) is 2.60. The number of hydrogen-bond acceptors (Lipinski definition) is 3. The number of halogens is 2. The third-order valence-corrected chi connectivity index (χ3v) is 3.56. The Morgan fingerprint density at radius 2 is 2.00 bits per heavy atom. The molecule has 5 heteroatoms. The van der Waals surface area contributed by atoms with Crippen molar-refractivity contribution in [1.82, 2.24) is 10.2 Å². The van der Waals surface area contributed by atoms with Crippen LogP contribution in [0.2, 0.25) is 0 Å². The molecular formula is C17H21F2N3. The number of benzene rings is 1. The molecule has 0 bridgehead atoms. The summed E-state index contributed by atoms with van der Waals surface area (Å²) in [5.74, 6) is -0.388. The van der Waals surface area contributed by atoms with Gasteiger partial charge in [0.2, 0.25) is 0 Å². The first-order valence-corrected chi connectivity index (χ1v) is 7.45. The van der Waals surface area contributed by atoms with Crippen LogP contribution in [-0.4, -0.2) is 23.4 Å². The Hall–Kier alpha value is -2.01. The summed E-state index contributed by atoms with van der Waals surface area (Å²) in [6.07, 6.45) is 4.25. The second-order valence-electron chi connectivity index (χ2n) is 4.98. The Kier molecular flexibility index (Phi) is 5.08. The Balaban J connectivity index is 2.59. The van der Waals surface area contributed by atoms with E-state index in [0.29, 0.717) is 18.0 Å².